The van der Waals surface area contributed by atoms with E-state index in [1.165, 1.54) is 7.11 Å². The zero-order valence-corrected chi connectivity index (χ0v) is 11.2. The largest absolute Gasteiger partial charge is 0.465 e. The monoisotopic (exact) mass is 267 g/mol. The van der Waals surface area contributed by atoms with E-state index in [1.54, 1.807) is 23.9 Å². The van der Waals surface area contributed by atoms with Gasteiger partial charge >= 0.3 is 5.97 Å². The molecule has 2 N–H and O–H groups in total. The summed E-state index contributed by atoms with van der Waals surface area (Å²) in [4.78, 5) is 12.5. The van der Waals surface area contributed by atoms with Gasteiger partial charge in [0.2, 0.25) is 0 Å². The summed E-state index contributed by atoms with van der Waals surface area (Å²) in [7, 11) is 1.36. The summed E-state index contributed by atoms with van der Waals surface area (Å²) in [5, 5.41) is 0. The fourth-order valence-corrected chi connectivity index (χ4v) is 2.88. The standard InChI is InChI=1S/C13H17NO3S/c1-16-13(15)11-7-10(4-5-12(11)14)18-8-9-3-2-6-17-9/h4-5,7,9H,2-3,6,8,14H2,1H3. The first-order valence-electron chi connectivity index (χ1n) is 5.93. The SMILES string of the molecule is COC(=O)c1cc(SCC2CCCO2)ccc1N. The molecular formula is C13H17NO3S. The number of methoxy groups -OCH3 is 1. The number of hydrogen-bond donors (Lipinski definition) is 1. The van der Waals surface area contributed by atoms with Crippen molar-refractivity contribution in [3.8, 4) is 0 Å². The molecular weight excluding hydrogens is 250 g/mol. The quantitative estimate of drug-likeness (QED) is 0.515. The van der Waals surface area contributed by atoms with E-state index in [2.05, 4.69) is 0 Å². The summed E-state index contributed by atoms with van der Waals surface area (Å²) in [5.41, 5.74) is 6.62. The molecule has 98 valence electrons. The molecule has 4 nitrogen and oxygen atoms in total. The van der Waals surface area contributed by atoms with Crippen LogP contribution in [-0.4, -0.2) is 31.5 Å². The number of thioether (sulfide) groups is 1. The number of benzene rings is 1. The van der Waals surface area contributed by atoms with Gasteiger partial charge in [0.05, 0.1) is 18.8 Å². The third-order valence-corrected chi connectivity index (χ3v) is 4.02. The van der Waals surface area contributed by atoms with Gasteiger partial charge in [-0.05, 0) is 31.0 Å². The Balaban J connectivity index is 2.02. The zero-order chi connectivity index (χ0) is 13.0. The second kappa shape index (κ2) is 6.11. The second-order valence-electron chi connectivity index (χ2n) is 4.19. The van der Waals surface area contributed by atoms with Crippen LogP contribution < -0.4 is 5.73 Å². The first-order valence-corrected chi connectivity index (χ1v) is 6.91. The van der Waals surface area contributed by atoms with Crippen LogP contribution in [0.25, 0.3) is 0 Å². The molecule has 1 aromatic rings. The Morgan fingerprint density at radius 3 is 3.11 bits per heavy atom. The molecule has 2 rings (SSSR count). The summed E-state index contributed by atoms with van der Waals surface area (Å²) >= 11 is 1.68. The van der Waals surface area contributed by atoms with Gasteiger partial charge in [0.25, 0.3) is 0 Å². The number of hydrogen-bond acceptors (Lipinski definition) is 5. The molecule has 0 radical (unpaired) electrons. The average Bonchev–Trinajstić information content (AvgIpc) is 2.90. The molecule has 1 heterocycles. The molecule has 0 aromatic heterocycles. The van der Waals surface area contributed by atoms with E-state index in [1.807, 2.05) is 6.07 Å². The number of anilines is 1. The van der Waals surface area contributed by atoms with Gasteiger partial charge in [-0.15, -0.1) is 11.8 Å². The van der Waals surface area contributed by atoms with E-state index < -0.39 is 5.97 Å². The van der Waals surface area contributed by atoms with Crippen LogP contribution in [0.1, 0.15) is 23.2 Å². The summed E-state index contributed by atoms with van der Waals surface area (Å²) in [5.74, 6) is 0.511. The predicted octanol–water partition coefficient (Wildman–Crippen LogP) is 2.33. The van der Waals surface area contributed by atoms with E-state index in [0.717, 1.165) is 30.1 Å². The molecule has 1 aromatic carbocycles. The van der Waals surface area contributed by atoms with Crippen molar-refractivity contribution in [3.05, 3.63) is 23.8 Å². The zero-order valence-electron chi connectivity index (χ0n) is 10.3. The third-order valence-electron chi connectivity index (χ3n) is 2.89. The number of nitrogens with two attached hydrogens (primary N) is 1. The van der Waals surface area contributed by atoms with Gasteiger partial charge in [0.15, 0.2) is 0 Å². The molecule has 1 aliphatic heterocycles. The Labute approximate surface area is 111 Å². The molecule has 1 unspecified atom stereocenters. The van der Waals surface area contributed by atoms with Crippen molar-refractivity contribution >= 4 is 23.4 Å². The maximum Gasteiger partial charge on any atom is 0.339 e. The first-order chi connectivity index (χ1) is 8.70. The molecule has 1 fully saturated rings. The molecule has 0 bridgehead atoms. The lowest BCUT2D eigenvalue weighted by atomic mass is 10.2. The molecule has 0 amide bonds. The average molecular weight is 267 g/mol. The van der Waals surface area contributed by atoms with Gasteiger partial charge in [0, 0.05) is 22.9 Å². The van der Waals surface area contributed by atoms with Gasteiger partial charge in [0.1, 0.15) is 0 Å². The molecule has 1 saturated heterocycles. The Morgan fingerprint density at radius 2 is 2.44 bits per heavy atom. The molecule has 0 spiro atoms. The van der Waals surface area contributed by atoms with Crippen molar-refractivity contribution in [2.75, 3.05) is 25.2 Å². The maximum atomic E-state index is 11.5. The highest BCUT2D eigenvalue weighted by Gasteiger charge is 2.16. The Kier molecular flexibility index (Phi) is 4.49. The van der Waals surface area contributed by atoms with Crippen molar-refractivity contribution in [1.82, 2.24) is 0 Å². The molecule has 5 heteroatoms. The highest BCUT2D eigenvalue weighted by atomic mass is 32.2. The number of rotatable bonds is 4. The number of carbonyl (C=O) groups excluding carboxylic acids is 1. The minimum atomic E-state index is -0.396. The predicted molar refractivity (Wildman–Crippen MR) is 71.9 cm³/mol. The summed E-state index contributed by atoms with van der Waals surface area (Å²) < 4.78 is 10.3. The second-order valence-corrected chi connectivity index (χ2v) is 5.28. The smallest absolute Gasteiger partial charge is 0.339 e. The van der Waals surface area contributed by atoms with Crippen molar-refractivity contribution in [1.29, 1.82) is 0 Å². The molecule has 1 atom stereocenters. The number of carbonyl (C=O) groups is 1. The lowest BCUT2D eigenvalue weighted by molar-refractivity contribution is 0.0601. The minimum Gasteiger partial charge on any atom is -0.465 e. The lowest BCUT2D eigenvalue weighted by Gasteiger charge is -2.10. The van der Waals surface area contributed by atoms with Crippen LogP contribution in [-0.2, 0) is 9.47 Å². The highest BCUT2D eigenvalue weighted by molar-refractivity contribution is 7.99. The number of ether oxygens (including phenoxy) is 2. The summed E-state index contributed by atoms with van der Waals surface area (Å²) in [6, 6.07) is 5.44. The summed E-state index contributed by atoms with van der Waals surface area (Å²) in [6.07, 6.45) is 2.58. The normalized spacial score (nSPS) is 18.8. The van der Waals surface area contributed by atoms with Crippen LogP contribution in [0.4, 0.5) is 5.69 Å². The van der Waals surface area contributed by atoms with Crippen LogP contribution in [0, 0.1) is 0 Å². The first kappa shape index (κ1) is 13.2. The molecule has 0 aliphatic carbocycles. The van der Waals surface area contributed by atoms with Crippen LogP contribution in [0.2, 0.25) is 0 Å². The fourth-order valence-electron chi connectivity index (χ4n) is 1.88. The van der Waals surface area contributed by atoms with E-state index in [9.17, 15) is 4.79 Å². The van der Waals surface area contributed by atoms with Crippen molar-refractivity contribution in [3.63, 3.8) is 0 Å². The summed E-state index contributed by atoms with van der Waals surface area (Å²) in [6.45, 7) is 0.861. The fraction of sp³-hybridized carbons (Fsp3) is 0.462. The van der Waals surface area contributed by atoms with Crippen LogP contribution in [0.15, 0.2) is 23.1 Å². The van der Waals surface area contributed by atoms with Gasteiger partial charge in [-0.1, -0.05) is 0 Å². The number of esters is 1. The van der Waals surface area contributed by atoms with Crippen LogP contribution in [0.5, 0.6) is 0 Å². The topological polar surface area (TPSA) is 61.5 Å². The van der Waals surface area contributed by atoms with E-state index in [-0.39, 0.29) is 0 Å². The third kappa shape index (κ3) is 3.17. The van der Waals surface area contributed by atoms with Gasteiger partial charge < -0.3 is 15.2 Å². The van der Waals surface area contributed by atoms with Gasteiger partial charge in [-0.3, -0.25) is 0 Å². The van der Waals surface area contributed by atoms with E-state index >= 15 is 0 Å². The molecule has 1 aliphatic rings. The Bertz CT molecular complexity index is 430. The van der Waals surface area contributed by atoms with Crippen molar-refractivity contribution in [2.45, 2.75) is 23.8 Å². The van der Waals surface area contributed by atoms with Gasteiger partial charge in [-0.25, -0.2) is 4.79 Å². The van der Waals surface area contributed by atoms with Crippen LogP contribution >= 0.6 is 11.8 Å². The highest BCUT2D eigenvalue weighted by Crippen LogP contribution is 2.26. The maximum absolute atomic E-state index is 11.5. The Hall–Kier alpha value is -1.20. The van der Waals surface area contributed by atoms with Crippen molar-refractivity contribution in [2.24, 2.45) is 0 Å². The van der Waals surface area contributed by atoms with Gasteiger partial charge in [-0.2, -0.15) is 0 Å². The Morgan fingerprint density at radius 1 is 1.61 bits per heavy atom. The number of nitrogen functional groups attached to an aromatic ring is 1. The lowest BCUT2D eigenvalue weighted by Crippen LogP contribution is -2.08. The van der Waals surface area contributed by atoms with Crippen LogP contribution in [0.3, 0.4) is 0 Å². The minimum absolute atomic E-state index is 0.328. The molecule has 18 heavy (non-hydrogen) atoms. The van der Waals surface area contributed by atoms with E-state index in [0.29, 0.717) is 17.4 Å². The van der Waals surface area contributed by atoms with E-state index in [4.69, 9.17) is 15.2 Å². The molecule has 0 saturated carbocycles. The van der Waals surface area contributed by atoms with Crippen molar-refractivity contribution < 1.29 is 14.3 Å².